The van der Waals surface area contributed by atoms with Crippen LogP contribution in [0.15, 0.2) is 24.4 Å². The second kappa shape index (κ2) is 7.23. The van der Waals surface area contributed by atoms with Crippen LogP contribution in [0.4, 0.5) is 14.5 Å². The van der Waals surface area contributed by atoms with E-state index < -0.39 is 23.4 Å². The second-order valence-corrected chi connectivity index (χ2v) is 6.49. The molecule has 1 aliphatic heterocycles. The molecule has 0 unspecified atom stereocenters. The summed E-state index contributed by atoms with van der Waals surface area (Å²) in [6.07, 6.45) is 1.44. The molecule has 2 heterocycles. The summed E-state index contributed by atoms with van der Waals surface area (Å²) in [5.41, 5.74) is 0.517. The van der Waals surface area contributed by atoms with Crippen molar-refractivity contribution >= 4 is 28.4 Å². The molecule has 6 nitrogen and oxygen atoms in total. The van der Waals surface area contributed by atoms with Crippen molar-refractivity contribution in [3.8, 4) is 0 Å². The van der Waals surface area contributed by atoms with E-state index in [0.717, 1.165) is 12.1 Å². The van der Waals surface area contributed by atoms with E-state index in [1.165, 1.54) is 11.1 Å². The largest absolute Gasteiger partial charge is 0.367 e. The Kier molecular flexibility index (Phi) is 5.01. The number of fused-ring (bicyclic) bond motifs is 1. The lowest BCUT2D eigenvalue weighted by Gasteiger charge is -2.36. The highest BCUT2D eigenvalue weighted by Gasteiger charge is 2.27. The van der Waals surface area contributed by atoms with E-state index >= 15 is 0 Å². The van der Waals surface area contributed by atoms with Gasteiger partial charge >= 0.3 is 11.8 Å². The maximum atomic E-state index is 14.3. The maximum absolute atomic E-state index is 14.3. The van der Waals surface area contributed by atoms with Gasteiger partial charge in [-0.1, -0.05) is 0 Å². The Morgan fingerprint density at radius 2 is 1.73 bits per heavy atom. The molecule has 0 atom stereocenters. The van der Waals surface area contributed by atoms with Crippen molar-refractivity contribution in [3.63, 3.8) is 0 Å². The van der Waals surface area contributed by atoms with Gasteiger partial charge in [0.1, 0.15) is 17.2 Å². The van der Waals surface area contributed by atoms with E-state index in [1.54, 1.807) is 19.9 Å². The Hall–Kier alpha value is -2.77. The molecule has 3 rings (SSSR count). The van der Waals surface area contributed by atoms with Crippen molar-refractivity contribution in [1.29, 1.82) is 0 Å². The van der Waals surface area contributed by atoms with Crippen molar-refractivity contribution in [2.24, 2.45) is 0 Å². The van der Waals surface area contributed by atoms with Gasteiger partial charge in [-0.15, -0.1) is 0 Å². The summed E-state index contributed by atoms with van der Waals surface area (Å²) in [5, 5.41) is 2.71. The molecule has 1 aromatic heterocycles. The predicted octanol–water partition coefficient (Wildman–Crippen LogP) is 1.69. The van der Waals surface area contributed by atoms with Crippen LogP contribution in [-0.4, -0.2) is 53.9 Å². The Bertz CT molecular complexity index is 848. The van der Waals surface area contributed by atoms with Gasteiger partial charge < -0.3 is 15.1 Å². The number of hydrogen-bond acceptors (Lipinski definition) is 4. The highest BCUT2D eigenvalue weighted by atomic mass is 19.1. The zero-order chi connectivity index (χ0) is 18.8. The molecular formula is C18H20F2N4O2. The second-order valence-electron chi connectivity index (χ2n) is 6.49. The lowest BCUT2D eigenvalue weighted by atomic mass is 10.1. The number of carbonyl (C=O) groups excluding carboxylic acids is 2. The highest BCUT2D eigenvalue weighted by molar-refractivity contribution is 6.35. The number of rotatable bonds is 2. The smallest absolute Gasteiger partial charge is 0.312 e. The van der Waals surface area contributed by atoms with Crippen LogP contribution < -0.4 is 10.2 Å². The maximum Gasteiger partial charge on any atom is 0.312 e. The van der Waals surface area contributed by atoms with Crippen molar-refractivity contribution < 1.29 is 18.4 Å². The molecule has 0 aliphatic carbocycles. The SMILES string of the molecule is CC(C)NC(=O)C(=O)N1CCN(c2ccnc3c(F)ccc(F)c23)CC1. The summed E-state index contributed by atoms with van der Waals surface area (Å²) in [7, 11) is 0. The van der Waals surface area contributed by atoms with Gasteiger partial charge in [-0.2, -0.15) is 0 Å². The summed E-state index contributed by atoms with van der Waals surface area (Å²) in [6, 6.07) is 3.65. The minimum atomic E-state index is -0.629. The molecule has 2 amide bonds. The number of aromatic nitrogens is 1. The predicted molar refractivity (Wildman–Crippen MR) is 93.7 cm³/mol. The van der Waals surface area contributed by atoms with E-state index in [-0.39, 0.29) is 16.9 Å². The summed E-state index contributed by atoms with van der Waals surface area (Å²) in [5.74, 6) is -2.33. The minimum absolute atomic E-state index is 0.0164. The molecule has 1 N–H and O–H groups in total. The fraction of sp³-hybridized carbons (Fsp3) is 0.389. The fourth-order valence-electron chi connectivity index (χ4n) is 3.06. The van der Waals surface area contributed by atoms with Gasteiger partial charge in [0.25, 0.3) is 0 Å². The van der Waals surface area contributed by atoms with Gasteiger partial charge in [0.2, 0.25) is 0 Å². The number of halogens is 2. The van der Waals surface area contributed by atoms with Crippen molar-refractivity contribution in [1.82, 2.24) is 15.2 Å². The molecule has 0 saturated carbocycles. The Morgan fingerprint density at radius 3 is 2.38 bits per heavy atom. The Labute approximate surface area is 149 Å². The van der Waals surface area contributed by atoms with Gasteiger partial charge in [-0.25, -0.2) is 8.78 Å². The van der Waals surface area contributed by atoms with Crippen molar-refractivity contribution in [3.05, 3.63) is 36.0 Å². The number of nitrogens with one attached hydrogen (secondary N) is 1. The molecule has 2 aromatic rings. The number of anilines is 1. The number of amides is 2. The Balaban J connectivity index is 1.77. The third kappa shape index (κ3) is 3.44. The Morgan fingerprint density at radius 1 is 1.08 bits per heavy atom. The summed E-state index contributed by atoms with van der Waals surface area (Å²) in [4.78, 5) is 31.3. The first-order chi connectivity index (χ1) is 12.4. The molecule has 138 valence electrons. The first-order valence-corrected chi connectivity index (χ1v) is 8.46. The average molecular weight is 362 g/mol. The number of carbonyl (C=O) groups is 2. The van der Waals surface area contributed by atoms with Gasteiger partial charge in [-0.3, -0.25) is 14.6 Å². The van der Waals surface area contributed by atoms with Crippen LogP contribution in [0.5, 0.6) is 0 Å². The van der Waals surface area contributed by atoms with Crippen LogP contribution in [0.25, 0.3) is 10.9 Å². The molecule has 1 aliphatic rings. The molecule has 0 radical (unpaired) electrons. The topological polar surface area (TPSA) is 65.5 Å². The molecule has 0 spiro atoms. The van der Waals surface area contributed by atoms with E-state index in [4.69, 9.17) is 0 Å². The molecule has 1 fully saturated rings. The molecule has 0 bridgehead atoms. The lowest BCUT2D eigenvalue weighted by molar-refractivity contribution is -0.146. The zero-order valence-corrected chi connectivity index (χ0v) is 14.6. The zero-order valence-electron chi connectivity index (χ0n) is 14.6. The monoisotopic (exact) mass is 362 g/mol. The molecular weight excluding hydrogens is 342 g/mol. The van der Waals surface area contributed by atoms with Gasteiger partial charge in [0, 0.05) is 38.4 Å². The first-order valence-electron chi connectivity index (χ1n) is 8.46. The normalized spacial score (nSPS) is 14.8. The van der Waals surface area contributed by atoms with E-state index in [9.17, 15) is 18.4 Å². The summed E-state index contributed by atoms with van der Waals surface area (Å²) >= 11 is 0. The van der Waals surface area contributed by atoms with Crippen LogP contribution in [0.2, 0.25) is 0 Å². The number of nitrogens with zero attached hydrogens (tertiary/aromatic N) is 3. The van der Waals surface area contributed by atoms with Crippen LogP contribution in [0, 0.1) is 11.6 Å². The summed E-state index contributed by atoms with van der Waals surface area (Å²) < 4.78 is 28.2. The van der Waals surface area contributed by atoms with Crippen molar-refractivity contribution in [2.45, 2.75) is 19.9 Å². The number of piperazine rings is 1. The van der Waals surface area contributed by atoms with E-state index in [0.29, 0.717) is 31.9 Å². The number of pyridine rings is 1. The average Bonchev–Trinajstić information content (AvgIpc) is 2.63. The van der Waals surface area contributed by atoms with Crippen molar-refractivity contribution in [2.75, 3.05) is 31.1 Å². The minimum Gasteiger partial charge on any atom is -0.367 e. The lowest BCUT2D eigenvalue weighted by Crippen LogP contribution is -2.53. The number of hydrogen-bond donors (Lipinski definition) is 1. The fourth-order valence-corrected chi connectivity index (χ4v) is 3.06. The van der Waals surface area contributed by atoms with Crippen LogP contribution in [0.1, 0.15) is 13.8 Å². The highest BCUT2D eigenvalue weighted by Crippen LogP contribution is 2.30. The third-order valence-corrected chi connectivity index (χ3v) is 4.29. The molecule has 8 heteroatoms. The van der Waals surface area contributed by atoms with E-state index in [2.05, 4.69) is 10.3 Å². The van der Waals surface area contributed by atoms with Gasteiger partial charge in [-0.05, 0) is 32.0 Å². The standard InChI is InChI=1S/C18H20F2N4O2/c1-11(2)22-17(25)18(26)24-9-7-23(8-10-24)14-5-6-21-16-13(20)4-3-12(19)15(14)16/h3-6,11H,7-10H2,1-2H3,(H,22,25). The van der Waals surface area contributed by atoms with Crippen LogP contribution >= 0.6 is 0 Å². The van der Waals surface area contributed by atoms with Gasteiger partial charge in [0.15, 0.2) is 0 Å². The van der Waals surface area contributed by atoms with Gasteiger partial charge in [0.05, 0.1) is 11.1 Å². The van der Waals surface area contributed by atoms with Crippen LogP contribution in [0.3, 0.4) is 0 Å². The summed E-state index contributed by atoms with van der Waals surface area (Å²) in [6.45, 7) is 5.04. The van der Waals surface area contributed by atoms with E-state index in [1.807, 2.05) is 4.90 Å². The van der Waals surface area contributed by atoms with Crippen LogP contribution in [-0.2, 0) is 9.59 Å². The third-order valence-electron chi connectivity index (χ3n) is 4.29. The first kappa shape index (κ1) is 18.0. The number of benzene rings is 1. The quantitative estimate of drug-likeness (QED) is 0.826. The molecule has 26 heavy (non-hydrogen) atoms. The molecule has 1 aromatic carbocycles. The molecule has 1 saturated heterocycles.